The van der Waals surface area contributed by atoms with Gasteiger partial charge in [-0.1, -0.05) is 28.1 Å². The van der Waals surface area contributed by atoms with E-state index >= 15 is 0 Å². The van der Waals surface area contributed by atoms with Gasteiger partial charge in [0.1, 0.15) is 0 Å². The van der Waals surface area contributed by atoms with Crippen LogP contribution in [0.5, 0.6) is 0 Å². The molecule has 0 atom stereocenters. The molecular weight excluding hydrogens is 299 g/mol. The lowest BCUT2D eigenvalue weighted by atomic mass is 10.1. The Morgan fingerprint density at radius 1 is 1.18 bits per heavy atom. The standard InChI is InChI=1S/C11H7BrF3NO/c12-5-7-1-3-8(4-2-7)10-16-6-9(17-10)11(13,14)15/h1-4,6H,5H2. The summed E-state index contributed by atoms with van der Waals surface area (Å²) in [6, 6.07) is 6.92. The van der Waals surface area contributed by atoms with Crippen LogP contribution in [-0.4, -0.2) is 4.98 Å². The van der Waals surface area contributed by atoms with E-state index in [4.69, 9.17) is 0 Å². The molecule has 0 aliphatic heterocycles. The maximum absolute atomic E-state index is 12.3. The first-order chi connectivity index (χ1) is 8.00. The summed E-state index contributed by atoms with van der Waals surface area (Å²) in [4.78, 5) is 3.61. The minimum Gasteiger partial charge on any atom is -0.432 e. The minimum absolute atomic E-state index is 0.0292. The summed E-state index contributed by atoms with van der Waals surface area (Å²) in [5.74, 6) is -1.12. The number of rotatable bonds is 2. The molecule has 2 rings (SSSR count). The van der Waals surface area contributed by atoms with E-state index in [1.54, 1.807) is 24.3 Å². The van der Waals surface area contributed by atoms with E-state index in [2.05, 4.69) is 25.3 Å². The second kappa shape index (κ2) is 4.52. The molecule has 0 fully saturated rings. The van der Waals surface area contributed by atoms with Gasteiger partial charge >= 0.3 is 6.18 Å². The maximum Gasteiger partial charge on any atom is 0.451 e. The van der Waals surface area contributed by atoms with Crippen molar-refractivity contribution < 1.29 is 17.6 Å². The number of hydrogen-bond acceptors (Lipinski definition) is 2. The highest BCUT2D eigenvalue weighted by molar-refractivity contribution is 9.08. The number of alkyl halides is 4. The summed E-state index contributed by atoms with van der Waals surface area (Å²) >= 11 is 3.28. The van der Waals surface area contributed by atoms with Crippen LogP contribution in [-0.2, 0) is 11.5 Å². The lowest BCUT2D eigenvalue weighted by molar-refractivity contribution is -0.152. The normalized spacial score (nSPS) is 11.8. The summed E-state index contributed by atoms with van der Waals surface area (Å²) in [5.41, 5.74) is 1.54. The molecular formula is C11H7BrF3NO. The van der Waals surface area contributed by atoms with Gasteiger partial charge in [-0.25, -0.2) is 4.98 Å². The number of nitrogens with zero attached hydrogens (tertiary/aromatic N) is 1. The highest BCUT2D eigenvalue weighted by atomic mass is 79.9. The third-order valence-corrected chi connectivity index (χ3v) is 2.79. The zero-order chi connectivity index (χ0) is 12.5. The Morgan fingerprint density at radius 3 is 2.29 bits per heavy atom. The van der Waals surface area contributed by atoms with Crippen molar-refractivity contribution in [2.24, 2.45) is 0 Å². The van der Waals surface area contributed by atoms with Gasteiger partial charge in [-0.05, 0) is 17.7 Å². The number of halogens is 4. The highest BCUT2D eigenvalue weighted by Crippen LogP contribution is 2.32. The van der Waals surface area contributed by atoms with E-state index in [-0.39, 0.29) is 5.89 Å². The van der Waals surface area contributed by atoms with Gasteiger partial charge in [-0.3, -0.25) is 0 Å². The van der Waals surface area contributed by atoms with Crippen LogP contribution in [0.1, 0.15) is 11.3 Å². The van der Waals surface area contributed by atoms with E-state index < -0.39 is 11.9 Å². The zero-order valence-electron chi connectivity index (χ0n) is 8.46. The molecule has 0 amide bonds. The molecule has 0 radical (unpaired) electrons. The average Bonchev–Trinajstić information content (AvgIpc) is 2.78. The molecule has 90 valence electrons. The fourth-order valence-electron chi connectivity index (χ4n) is 1.28. The summed E-state index contributed by atoms with van der Waals surface area (Å²) in [6.45, 7) is 0. The van der Waals surface area contributed by atoms with Gasteiger partial charge in [0, 0.05) is 10.9 Å². The van der Waals surface area contributed by atoms with Gasteiger partial charge in [-0.15, -0.1) is 0 Å². The molecule has 0 spiro atoms. The molecule has 0 bridgehead atoms. The lowest BCUT2D eigenvalue weighted by Crippen LogP contribution is -2.02. The predicted octanol–water partition coefficient (Wildman–Crippen LogP) is 4.26. The molecule has 0 aliphatic carbocycles. The van der Waals surface area contributed by atoms with E-state index in [0.717, 1.165) is 5.56 Å². The summed E-state index contributed by atoms with van der Waals surface area (Å²) in [5, 5.41) is 0.687. The summed E-state index contributed by atoms with van der Waals surface area (Å²) < 4.78 is 41.5. The Labute approximate surface area is 104 Å². The average molecular weight is 306 g/mol. The summed E-state index contributed by atoms with van der Waals surface area (Å²) in [6.07, 6.45) is -3.81. The van der Waals surface area contributed by atoms with Crippen molar-refractivity contribution >= 4 is 15.9 Å². The quantitative estimate of drug-likeness (QED) is 0.775. The van der Waals surface area contributed by atoms with Crippen molar-refractivity contribution in [1.82, 2.24) is 4.98 Å². The van der Waals surface area contributed by atoms with Gasteiger partial charge in [-0.2, -0.15) is 13.2 Å². The molecule has 0 aliphatic rings. The molecule has 1 heterocycles. The Morgan fingerprint density at radius 2 is 1.82 bits per heavy atom. The molecule has 0 saturated heterocycles. The molecule has 2 nitrogen and oxygen atoms in total. The fraction of sp³-hybridized carbons (Fsp3) is 0.182. The van der Waals surface area contributed by atoms with Crippen molar-refractivity contribution in [3.63, 3.8) is 0 Å². The van der Waals surface area contributed by atoms with Crippen LogP contribution in [0.3, 0.4) is 0 Å². The summed E-state index contributed by atoms with van der Waals surface area (Å²) in [7, 11) is 0. The smallest absolute Gasteiger partial charge is 0.432 e. The second-order valence-electron chi connectivity index (χ2n) is 3.36. The van der Waals surface area contributed by atoms with E-state index in [9.17, 15) is 13.2 Å². The lowest BCUT2D eigenvalue weighted by Gasteiger charge is -2.00. The first kappa shape index (κ1) is 12.2. The Balaban J connectivity index is 2.30. The van der Waals surface area contributed by atoms with Crippen LogP contribution in [0.4, 0.5) is 13.2 Å². The molecule has 2 aromatic rings. The van der Waals surface area contributed by atoms with Crippen LogP contribution < -0.4 is 0 Å². The van der Waals surface area contributed by atoms with Crippen LogP contribution >= 0.6 is 15.9 Å². The van der Waals surface area contributed by atoms with Gasteiger partial charge in [0.15, 0.2) is 0 Å². The first-order valence-electron chi connectivity index (χ1n) is 4.69. The second-order valence-corrected chi connectivity index (χ2v) is 3.92. The zero-order valence-corrected chi connectivity index (χ0v) is 10.0. The van der Waals surface area contributed by atoms with Gasteiger partial charge in [0.25, 0.3) is 0 Å². The number of benzene rings is 1. The first-order valence-corrected chi connectivity index (χ1v) is 5.81. The van der Waals surface area contributed by atoms with Crippen LogP contribution in [0, 0.1) is 0 Å². The maximum atomic E-state index is 12.3. The molecule has 1 aromatic carbocycles. The topological polar surface area (TPSA) is 26.0 Å². The molecule has 0 saturated carbocycles. The van der Waals surface area contributed by atoms with Crippen LogP contribution in [0.15, 0.2) is 34.9 Å². The molecule has 17 heavy (non-hydrogen) atoms. The predicted molar refractivity (Wildman–Crippen MR) is 59.6 cm³/mol. The van der Waals surface area contributed by atoms with Crippen molar-refractivity contribution in [1.29, 1.82) is 0 Å². The van der Waals surface area contributed by atoms with E-state index in [1.165, 1.54) is 0 Å². The van der Waals surface area contributed by atoms with Gasteiger partial charge in [0.2, 0.25) is 11.7 Å². The molecule has 6 heteroatoms. The highest BCUT2D eigenvalue weighted by Gasteiger charge is 2.35. The molecule has 0 N–H and O–H groups in total. The molecule has 1 aromatic heterocycles. The number of aromatic nitrogens is 1. The van der Waals surface area contributed by atoms with Crippen molar-refractivity contribution in [2.45, 2.75) is 11.5 Å². The van der Waals surface area contributed by atoms with E-state index in [1.807, 2.05) is 0 Å². The van der Waals surface area contributed by atoms with E-state index in [0.29, 0.717) is 17.1 Å². The Kier molecular flexibility index (Phi) is 3.24. The minimum atomic E-state index is -4.50. The van der Waals surface area contributed by atoms with Crippen molar-refractivity contribution in [3.05, 3.63) is 41.8 Å². The fourth-order valence-corrected chi connectivity index (χ4v) is 1.65. The van der Waals surface area contributed by atoms with Crippen molar-refractivity contribution in [2.75, 3.05) is 0 Å². The Hall–Kier alpha value is -1.30. The largest absolute Gasteiger partial charge is 0.451 e. The number of oxazole rings is 1. The van der Waals surface area contributed by atoms with Gasteiger partial charge < -0.3 is 4.42 Å². The Bertz CT molecular complexity index is 504. The SMILES string of the molecule is FC(F)(F)c1cnc(-c2ccc(CBr)cc2)o1. The number of hydrogen-bond donors (Lipinski definition) is 0. The van der Waals surface area contributed by atoms with Crippen LogP contribution in [0.2, 0.25) is 0 Å². The third kappa shape index (κ3) is 2.69. The molecule has 0 unspecified atom stereocenters. The van der Waals surface area contributed by atoms with Crippen molar-refractivity contribution in [3.8, 4) is 11.5 Å². The monoisotopic (exact) mass is 305 g/mol. The third-order valence-electron chi connectivity index (χ3n) is 2.14. The van der Waals surface area contributed by atoms with Crippen LogP contribution in [0.25, 0.3) is 11.5 Å². The van der Waals surface area contributed by atoms with Gasteiger partial charge in [0.05, 0.1) is 6.20 Å².